The topological polar surface area (TPSA) is 21.3 Å². The molecule has 2 heteroatoms. The molecular weight excluding hydrogens is 222 g/mol. The number of benzene rings is 1. The molecule has 0 aliphatic heterocycles. The largest absolute Gasteiger partial charge is 0.490 e. The van der Waals surface area contributed by atoms with Gasteiger partial charge in [0.2, 0.25) is 0 Å². The van der Waals surface area contributed by atoms with E-state index in [4.69, 9.17) is 4.74 Å². The van der Waals surface area contributed by atoms with Gasteiger partial charge in [0.25, 0.3) is 0 Å². The average molecular weight is 247 g/mol. The summed E-state index contributed by atoms with van der Waals surface area (Å²) in [5, 5.41) is 3.22. The monoisotopic (exact) mass is 247 g/mol. The van der Waals surface area contributed by atoms with E-state index in [1.807, 2.05) is 7.05 Å². The van der Waals surface area contributed by atoms with Gasteiger partial charge in [0, 0.05) is 12.1 Å². The first-order valence-corrected chi connectivity index (χ1v) is 7.10. The van der Waals surface area contributed by atoms with Crippen molar-refractivity contribution in [2.24, 2.45) is 5.92 Å². The third kappa shape index (κ3) is 3.49. The van der Waals surface area contributed by atoms with Crippen LogP contribution in [0.1, 0.15) is 43.7 Å². The Morgan fingerprint density at radius 1 is 1.22 bits per heavy atom. The van der Waals surface area contributed by atoms with Crippen molar-refractivity contribution in [1.29, 1.82) is 0 Å². The number of hydrogen-bond acceptors (Lipinski definition) is 2. The first-order valence-electron chi connectivity index (χ1n) is 7.10. The number of nitrogens with one attached hydrogen (secondary N) is 1. The molecule has 18 heavy (non-hydrogen) atoms. The standard InChI is InChI=1S/C16H25NO/c1-12-4-7-15(8-5-12)18-16-9-6-13(2)10-14(16)11-17-3/h6,9-10,12,15,17H,4-5,7-8,11H2,1-3H3. The van der Waals surface area contributed by atoms with E-state index in [1.165, 1.54) is 36.8 Å². The van der Waals surface area contributed by atoms with Gasteiger partial charge in [0.05, 0.1) is 6.10 Å². The zero-order valence-electron chi connectivity index (χ0n) is 11.8. The van der Waals surface area contributed by atoms with Crippen molar-refractivity contribution in [2.75, 3.05) is 7.05 Å². The van der Waals surface area contributed by atoms with Crippen molar-refractivity contribution in [3.05, 3.63) is 29.3 Å². The quantitative estimate of drug-likeness (QED) is 0.876. The number of rotatable bonds is 4. The highest BCUT2D eigenvalue weighted by Crippen LogP contribution is 2.29. The van der Waals surface area contributed by atoms with E-state index in [0.717, 1.165) is 18.2 Å². The molecule has 1 aromatic carbocycles. The van der Waals surface area contributed by atoms with Crippen LogP contribution in [0.2, 0.25) is 0 Å². The Balaban J connectivity index is 2.03. The van der Waals surface area contributed by atoms with E-state index in [1.54, 1.807) is 0 Å². The molecule has 2 rings (SSSR count). The van der Waals surface area contributed by atoms with Crippen LogP contribution in [0.25, 0.3) is 0 Å². The van der Waals surface area contributed by atoms with Crippen molar-refractivity contribution in [3.8, 4) is 5.75 Å². The SMILES string of the molecule is CNCc1cc(C)ccc1OC1CCC(C)CC1. The molecule has 1 aromatic rings. The molecule has 0 atom stereocenters. The summed E-state index contributed by atoms with van der Waals surface area (Å²) in [6.45, 7) is 5.35. The maximum Gasteiger partial charge on any atom is 0.124 e. The lowest BCUT2D eigenvalue weighted by Crippen LogP contribution is -2.23. The summed E-state index contributed by atoms with van der Waals surface area (Å²) >= 11 is 0. The Morgan fingerprint density at radius 2 is 1.94 bits per heavy atom. The molecule has 0 radical (unpaired) electrons. The Kier molecular flexibility index (Phi) is 4.65. The molecule has 1 fully saturated rings. The van der Waals surface area contributed by atoms with E-state index in [2.05, 4.69) is 37.4 Å². The average Bonchev–Trinajstić information content (AvgIpc) is 2.36. The van der Waals surface area contributed by atoms with Crippen LogP contribution in [0.3, 0.4) is 0 Å². The molecule has 1 saturated carbocycles. The van der Waals surface area contributed by atoms with E-state index < -0.39 is 0 Å². The molecule has 0 saturated heterocycles. The molecule has 0 amide bonds. The van der Waals surface area contributed by atoms with Gasteiger partial charge < -0.3 is 10.1 Å². The summed E-state index contributed by atoms with van der Waals surface area (Å²) in [7, 11) is 1.98. The zero-order chi connectivity index (χ0) is 13.0. The first kappa shape index (κ1) is 13.4. The molecule has 0 aromatic heterocycles. The van der Waals surface area contributed by atoms with Crippen molar-refractivity contribution in [1.82, 2.24) is 5.32 Å². The van der Waals surface area contributed by atoms with Crippen LogP contribution in [0.5, 0.6) is 5.75 Å². The third-order valence-corrected chi connectivity index (χ3v) is 3.84. The summed E-state index contributed by atoms with van der Waals surface area (Å²) in [6, 6.07) is 6.48. The van der Waals surface area contributed by atoms with Crippen LogP contribution < -0.4 is 10.1 Å². The second-order valence-electron chi connectivity index (χ2n) is 5.64. The first-order chi connectivity index (χ1) is 8.69. The van der Waals surface area contributed by atoms with Gasteiger partial charge in [-0.2, -0.15) is 0 Å². The molecule has 1 N–H and O–H groups in total. The van der Waals surface area contributed by atoms with Gasteiger partial charge >= 0.3 is 0 Å². The molecule has 100 valence electrons. The number of ether oxygens (including phenoxy) is 1. The van der Waals surface area contributed by atoms with Gasteiger partial charge in [-0.05, 0) is 51.6 Å². The number of aryl methyl sites for hydroxylation is 1. The predicted octanol–water partition coefficient (Wildman–Crippen LogP) is 3.67. The molecule has 2 nitrogen and oxygen atoms in total. The fraction of sp³-hybridized carbons (Fsp3) is 0.625. The molecule has 0 bridgehead atoms. The normalized spacial score (nSPS) is 23.9. The van der Waals surface area contributed by atoms with Crippen LogP contribution in [0, 0.1) is 12.8 Å². The highest BCUT2D eigenvalue weighted by atomic mass is 16.5. The molecule has 0 unspecified atom stereocenters. The fourth-order valence-corrected chi connectivity index (χ4v) is 2.68. The second kappa shape index (κ2) is 6.24. The summed E-state index contributed by atoms with van der Waals surface area (Å²) in [6.07, 6.45) is 5.43. The Hall–Kier alpha value is -1.02. The minimum atomic E-state index is 0.416. The fourth-order valence-electron chi connectivity index (χ4n) is 2.68. The van der Waals surface area contributed by atoms with Gasteiger partial charge in [-0.1, -0.05) is 24.6 Å². The molecule has 1 aliphatic rings. The second-order valence-corrected chi connectivity index (χ2v) is 5.64. The van der Waals surface area contributed by atoms with Gasteiger partial charge in [-0.15, -0.1) is 0 Å². The Bertz CT molecular complexity index is 381. The molecule has 0 spiro atoms. The Morgan fingerprint density at radius 3 is 2.61 bits per heavy atom. The van der Waals surface area contributed by atoms with Gasteiger partial charge in [-0.25, -0.2) is 0 Å². The molecular formula is C16H25NO. The Labute approximate surface area is 111 Å². The summed E-state index contributed by atoms with van der Waals surface area (Å²) in [5.74, 6) is 1.94. The maximum atomic E-state index is 6.20. The van der Waals surface area contributed by atoms with E-state index in [-0.39, 0.29) is 0 Å². The lowest BCUT2D eigenvalue weighted by molar-refractivity contribution is 0.134. The van der Waals surface area contributed by atoms with E-state index in [9.17, 15) is 0 Å². The minimum Gasteiger partial charge on any atom is -0.490 e. The van der Waals surface area contributed by atoms with Crippen molar-refractivity contribution >= 4 is 0 Å². The van der Waals surface area contributed by atoms with Crippen LogP contribution in [-0.4, -0.2) is 13.2 Å². The summed E-state index contributed by atoms with van der Waals surface area (Å²) in [4.78, 5) is 0. The van der Waals surface area contributed by atoms with Crippen LogP contribution in [0.4, 0.5) is 0 Å². The van der Waals surface area contributed by atoms with Gasteiger partial charge in [0.15, 0.2) is 0 Å². The highest BCUT2D eigenvalue weighted by Gasteiger charge is 2.20. The highest BCUT2D eigenvalue weighted by molar-refractivity contribution is 5.37. The van der Waals surface area contributed by atoms with Crippen LogP contribution in [-0.2, 0) is 6.54 Å². The number of hydrogen-bond donors (Lipinski definition) is 1. The zero-order valence-corrected chi connectivity index (χ0v) is 11.8. The van der Waals surface area contributed by atoms with Gasteiger partial charge in [0.1, 0.15) is 5.75 Å². The smallest absolute Gasteiger partial charge is 0.124 e. The predicted molar refractivity (Wildman–Crippen MR) is 76.0 cm³/mol. The van der Waals surface area contributed by atoms with Crippen molar-refractivity contribution in [2.45, 2.75) is 52.2 Å². The van der Waals surface area contributed by atoms with Crippen LogP contribution >= 0.6 is 0 Å². The van der Waals surface area contributed by atoms with E-state index >= 15 is 0 Å². The van der Waals surface area contributed by atoms with E-state index in [0.29, 0.717) is 6.10 Å². The summed E-state index contributed by atoms with van der Waals surface area (Å²) in [5.41, 5.74) is 2.57. The third-order valence-electron chi connectivity index (χ3n) is 3.84. The lowest BCUT2D eigenvalue weighted by atomic mass is 9.89. The lowest BCUT2D eigenvalue weighted by Gasteiger charge is -2.27. The summed E-state index contributed by atoms with van der Waals surface area (Å²) < 4.78 is 6.20. The van der Waals surface area contributed by atoms with Crippen LogP contribution in [0.15, 0.2) is 18.2 Å². The van der Waals surface area contributed by atoms with Crippen molar-refractivity contribution in [3.63, 3.8) is 0 Å². The molecule has 0 heterocycles. The van der Waals surface area contributed by atoms with Gasteiger partial charge in [-0.3, -0.25) is 0 Å². The minimum absolute atomic E-state index is 0.416. The molecule has 1 aliphatic carbocycles. The maximum absolute atomic E-state index is 6.20. The van der Waals surface area contributed by atoms with Crippen molar-refractivity contribution < 1.29 is 4.74 Å².